The third-order valence-corrected chi connectivity index (χ3v) is 3.51. The predicted molar refractivity (Wildman–Crippen MR) is 88.8 cm³/mol. The van der Waals surface area contributed by atoms with Gasteiger partial charge in [0.2, 0.25) is 11.8 Å². The van der Waals surface area contributed by atoms with Crippen molar-refractivity contribution in [3.8, 4) is 0 Å². The number of amides is 3. The lowest BCUT2D eigenvalue weighted by molar-refractivity contribution is -0.142. The lowest BCUT2D eigenvalue weighted by atomic mass is 9.95. The molecule has 7 heteroatoms. The van der Waals surface area contributed by atoms with Crippen LogP contribution in [0.3, 0.4) is 0 Å². The molecule has 0 aliphatic rings. The Morgan fingerprint density at radius 3 is 2.17 bits per heavy atom. The van der Waals surface area contributed by atoms with Crippen LogP contribution in [0.5, 0.6) is 0 Å². The minimum atomic E-state index is -1.04. The molecule has 1 aromatic carbocycles. The molecule has 0 spiro atoms. The largest absolute Gasteiger partial charge is 0.350 e. The second kappa shape index (κ2) is 9.67. The first-order valence-electron chi connectivity index (χ1n) is 7.91. The molecule has 0 heterocycles. The Bertz CT molecular complexity index is 560. The molecule has 3 amide bonds. The summed E-state index contributed by atoms with van der Waals surface area (Å²) in [6.07, 6.45) is 0.274. The second-order valence-electron chi connectivity index (χ2n) is 6.09. The van der Waals surface area contributed by atoms with E-state index < -0.39 is 23.8 Å². The van der Waals surface area contributed by atoms with Crippen molar-refractivity contribution in [1.82, 2.24) is 16.1 Å². The Balaban J connectivity index is 2.56. The summed E-state index contributed by atoms with van der Waals surface area (Å²) in [5.41, 5.74) is 2.45. The lowest BCUT2D eigenvalue weighted by Gasteiger charge is -2.20. The number of hydroxylamine groups is 1. The van der Waals surface area contributed by atoms with E-state index in [1.54, 1.807) is 6.92 Å². The first-order valence-corrected chi connectivity index (χ1v) is 7.91. The highest BCUT2D eigenvalue weighted by atomic mass is 16.5. The van der Waals surface area contributed by atoms with Crippen LogP contribution < -0.4 is 16.1 Å². The van der Waals surface area contributed by atoms with Crippen LogP contribution in [0.4, 0.5) is 0 Å². The summed E-state index contributed by atoms with van der Waals surface area (Å²) in [5, 5.41) is 14.0. The third kappa shape index (κ3) is 6.37. The van der Waals surface area contributed by atoms with Crippen molar-refractivity contribution in [1.29, 1.82) is 0 Å². The topological polar surface area (TPSA) is 108 Å². The highest BCUT2D eigenvalue weighted by Gasteiger charge is 2.29. The van der Waals surface area contributed by atoms with Crippen molar-refractivity contribution in [3.63, 3.8) is 0 Å². The maximum Gasteiger partial charge on any atom is 0.255 e. The molecule has 1 aromatic rings. The molecule has 1 rings (SSSR count). The van der Waals surface area contributed by atoms with Crippen LogP contribution in [0, 0.1) is 11.8 Å². The summed E-state index contributed by atoms with van der Waals surface area (Å²) in [5.74, 6) is -2.67. The number of rotatable bonds is 8. The molecule has 0 saturated carbocycles. The fourth-order valence-corrected chi connectivity index (χ4v) is 2.20. The molecule has 0 unspecified atom stereocenters. The number of nitrogens with one attached hydrogen (secondary N) is 3. The van der Waals surface area contributed by atoms with Gasteiger partial charge in [-0.25, -0.2) is 5.48 Å². The van der Waals surface area contributed by atoms with E-state index >= 15 is 0 Å². The van der Waals surface area contributed by atoms with Gasteiger partial charge in [-0.05, 0) is 24.8 Å². The monoisotopic (exact) mass is 335 g/mol. The molecule has 2 atom stereocenters. The summed E-state index contributed by atoms with van der Waals surface area (Å²) >= 11 is 0. The van der Waals surface area contributed by atoms with Crippen LogP contribution in [0.25, 0.3) is 0 Å². The molecule has 0 aliphatic heterocycles. The van der Waals surface area contributed by atoms with E-state index in [2.05, 4.69) is 10.6 Å². The zero-order chi connectivity index (χ0) is 18.1. The van der Waals surface area contributed by atoms with Gasteiger partial charge in [0, 0.05) is 6.54 Å². The van der Waals surface area contributed by atoms with Crippen LogP contribution in [0.15, 0.2) is 30.3 Å². The van der Waals surface area contributed by atoms with Gasteiger partial charge in [-0.1, -0.05) is 44.2 Å². The van der Waals surface area contributed by atoms with E-state index in [9.17, 15) is 14.4 Å². The maximum atomic E-state index is 12.2. The molecule has 4 N–H and O–H groups in total. The normalized spacial score (nSPS) is 13.0. The zero-order valence-corrected chi connectivity index (χ0v) is 14.2. The second-order valence-corrected chi connectivity index (χ2v) is 6.09. The predicted octanol–water partition coefficient (Wildman–Crippen LogP) is 0.975. The Morgan fingerprint density at radius 1 is 1.00 bits per heavy atom. The summed E-state index contributed by atoms with van der Waals surface area (Å²) in [4.78, 5) is 35.9. The lowest BCUT2D eigenvalue weighted by Crippen LogP contribution is -2.49. The van der Waals surface area contributed by atoms with Gasteiger partial charge in [-0.2, -0.15) is 0 Å². The van der Waals surface area contributed by atoms with Crippen LogP contribution in [0.2, 0.25) is 0 Å². The van der Waals surface area contributed by atoms with Crippen molar-refractivity contribution in [2.75, 3.05) is 0 Å². The fraction of sp³-hybridized carbons (Fsp3) is 0.471. The molecule has 24 heavy (non-hydrogen) atoms. The van der Waals surface area contributed by atoms with Crippen LogP contribution in [-0.4, -0.2) is 29.0 Å². The van der Waals surface area contributed by atoms with Gasteiger partial charge in [0.1, 0.15) is 12.0 Å². The molecule has 7 nitrogen and oxygen atoms in total. The van der Waals surface area contributed by atoms with Crippen molar-refractivity contribution in [2.24, 2.45) is 11.8 Å². The minimum Gasteiger partial charge on any atom is -0.350 e. The highest BCUT2D eigenvalue weighted by Crippen LogP contribution is 2.12. The van der Waals surface area contributed by atoms with Crippen molar-refractivity contribution in [2.45, 2.75) is 39.8 Å². The standard InChI is InChI=1S/C17H25N3O4/c1-11(2)9-14(17(23)20-24)16(22)19-12(3)15(21)18-10-13-7-5-4-6-8-13/h4-8,11-12,14,24H,9-10H2,1-3H3,(H,18,21)(H,19,22)(H,20,23)/t12-,14+/m1/s1. The summed E-state index contributed by atoms with van der Waals surface area (Å²) in [6.45, 7) is 5.62. The van der Waals surface area contributed by atoms with Crippen LogP contribution >= 0.6 is 0 Å². The smallest absolute Gasteiger partial charge is 0.255 e. The average molecular weight is 335 g/mol. The van der Waals surface area contributed by atoms with E-state index in [4.69, 9.17) is 5.21 Å². The van der Waals surface area contributed by atoms with E-state index in [1.807, 2.05) is 44.2 Å². The molecule has 132 valence electrons. The summed E-state index contributed by atoms with van der Waals surface area (Å²) in [7, 11) is 0. The number of hydrogen-bond donors (Lipinski definition) is 4. The molecule has 0 radical (unpaired) electrons. The van der Waals surface area contributed by atoms with Crippen molar-refractivity contribution < 1.29 is 19.6 Å². The van der Waals surface area contributed by atoms with Crippen LogP contribution in [0.1, 0.15) is 32.8 Å². The Kier molecular flexibility index (Phi) is 7.91. The van der Waals surface area contributed by atoms with Gasteiger partial charge >= 0.3 is 0 Å². The first-order chi connectivity index (χ1) is 11.3. The minimum absolute atomic E-state index is 0.0836. The molecular formula is C17H25N3O4. The van der Waals surface area contributed by atoms with Gasteiger partial charge in [-0.15, -0.1) is 0 Å². The maximum absolute atomic E-state index is 12.2. The number of hydrogen-bond acceptors (Lipinski definition) is 4. The molecular weight excluding hydrogens is 310 g/mol. The summed E-state index contributed by atoms with van der Waals surface area (Å²) < 4.78 is 0. The molecule has 0 fully saturated rings. The van der Waals surface area contributed by atoms with E-state index in [0.29, 0.717) is 6.54 Å². The number of carbonyl (C=O) groups is 3. The Labute approximate surface area is 141 Å². The van der Waals surface area contributed by atoms with E-state index in [-0.39, 0.29) is 18.2 Å². The molecule has 0 bridgehead atoms. The van der Waals surface area contributed by atoms with Gasteiger partial charge in [-0.3, -0.25) is 19.6 Å². The van der Waals surface area contributed by atoms with Gasteiger partial charge in [0.15, 0.2) is 0 Å². The van der Waals surface area contributed by atoms with E-state index in [1.165, 1.54) is 5.48 Å². The average Bonchev–Trinajstić information content (AvgIpc) is 2.57. The zero-order valence-electron chi connectivity index (χ0n) is 14.2. The fourth-order valence-electron chi connectivity index (χ4n) is 2.20. The van der Waals surface area contributed by atoms with E-state index in [0.717, 1.165) is 5.56 Å². The Hall–Kier alpha value is -2.41. The van der Waals surface area contributed by atoms with Crippen molar-refractivity contribution >= 4 is 17.7 Å². The van der Waals surface area contributed by atoms with Gasteiger partial charge < -0.3 is 10.6 Å². The molecule has 0 saturated heterocycles. The van der Waals surface area contributed by atoms with Crippen molar-refractivity contribution in [3.05, 3.63) is 35.9 Å². The number of benzene rings is 1. The molecule has 0 aliphatic carbocycles. The number of carbonyl (C=O) groups excluding carboxylic acids is 3. The molecule has 0 aromatic heterocycles. The van der Waals surface area contributed by atoms with Crippen LogP contribution in [-0.2, 0) is 20.9 Å². The quantitative estimate of drug-likeness (QED) is 0.323. The van der Waals surface area contributed by atoms with Gasteiger partial charge in [0.25, 0.3) is 5.91 Å². The van der Waals surface area contributed by atoms with Gasteiger partial charge in [0.05, 0.1) is 0 Å². The third-order valence-electron chi connectivity index (χ3n) is 3.51. The Morgan fingerprint density at radius 2 is 1.62 bits per heavy atom. The first kappa shape index (κ1) is 19.6. The summed E-state index contributed by atoms with van der Waals surface area (Å²) in [6, 6.07) is 8.60. The SMILES string of the molecule is CC(C)C[C@H](C(=O)NO)C(=O)N[C@H](C)C(=O)NCc1ccccc1. The highest BCUT2D eigenvalue weighted by molar-refractivity contribution is 6.01.